The van der Waals surface area contributed by atoms with Crippen LogP contribution in [-0.2, 0) is 4.79 Å². The van der Waals surface area contributed by atoms with Gasteiger partial charge in [-0.25, -0.2) is 0 Å². The highest BCUT2D eigenvalue weighted by Crippen LogP contribution is 2.08. The zero-order chi connectivity index (χ0) is 8.20. The molecular formula is C6H14N2OS. The van der Waals surface area contributed by atoms with E-state index in [1.807, 2.05) is 13.8 Å². The van der Waals surface area contributed by atoms with Crippen molar-refractivity contribution in [3.8, 4) is 0 Å². The molecule has 0 aromatic rings. The molecule has 0 atom stereocenters. The van der Waals surface area contributed by atoms with Crippen LogP contribution in [-0.4, -0.2) is 23.0 Å². The standard InChI is InChI=1S/C6H14N2OS/c1-6(2,8)4-10-3-5(7)9/h3-4,8H2,1-2H3,(H2,7,9). The van der Waals surface area contributed by atoms with Crippen LogP contribution in [0.15, 0.2) is 0 Å². The minimum atomic E-state index is -0.283. The van der Waals surface area contributed by atoms with E-state index in [1.165, 1.54) is 11.8 Å². The van der Waals surface area contributed by atoms with E-state index < -0.39 is 0 Å². The molecule has 0 unspecified atom stereocenters. The second-order valence-electron chi connectivity index (χ2n) is 2.95. The van der Waals surface area contributed by atoms with E-state index in [-0.39, 0.29) is 11.4 Å². The second-order valence-corrected chi connectivity index (χ2v) is 3.93. The van der Waals surface area contributed by atoms with Gasteiger partial charge in [-0.3, -0.25) is 4.79 Å². The fourth-order valence-electron chi connectivity index (χ4n) is 0.415. The van der Waals surface area contributed by atoms with Gasteiger partial charge in [-0.05, 0) is 13.8 Å². The Morgan fingerprint density at radius 2 is 2.10 bits per heavy atom. The maximum atomic E-state index is 10.2. The Morgan fingerprint density at radius 1 is 1.60 bits per heavy atom. The SMILES string of the molecule is CC(C)(N)CSCC(N)=O. The van der Waals surface area contributed by atoms with Gasteiger partial charge in [-0.2, -0.15) is 11.8 Å². The van der Waals surface area contributed by atoms with E-state index in [0.29, 0.717) is 5.75 Å². The fraction of sp³-hybridized carbons (Fsp3) is 0.833. The number of nitrogens with two attached hydrogens (primary N) is 2. The third kappa shape index (κ3) is 7.78. The lowest BCUT2D eigenvalue weighted by atomic mass is 10.1. The monoisotopic (exact) mass is 162 g/mol. The first kappa shape index (κ1) is 9.78. The summed E-state index contributed by atoms with van der Waals surface area (Å²) in [7, 11) is 0. The molecule has 0 aromatic carbocycles. The minimum Gasteiger partial charge on any atom is -0.369 e. The summed E-state index contributed by atoms with van der Waals surface area (Å²) in [5.41, 5.74) is 10.4. The zero-order valence-electron chi connectivity index (χ0n) is 6.39. The summed E-state index contributed by atoms with van der Waals surface area (Å²) >= 11 is 1.47. The molecule has 0 aliphatic heterocycles. The van der Waals surface area contributed by atoms with E-state index in [1.54, 1.807) is 0 Å². The van der Waals surface area contributed by atoms with Crippen molar-refractivity contribution < 1.29 is 4.79 Å². The third-order valence-electron chi connectivity index (χ3n) is 0.718. The molecule has 0 aliphatic rings. The summed E-state index contributed by atoms with van der Waals surface area (Å²) in [5, 5.41) is 0. The first-order valence-corrected chi connectivity index (χ1v) is 4.22. The highest BCUT2D eigenvalue weighted by atomic mass is 32.2. The number of carbonyl (C=O) groups excluding carboxylic acids is 1. The summed E-state index contributed by atoms with van der Waals surface area (Å²) in [6.07, 6.45) is 0. The van der Waals surface area contributed by atoms with Crippen molar-refractivity contribution in [2.75, 3.05) is 11.5 Å². The van der Waals surface area contributed by atoms with E-state index >= 15 is 0 Å². The summed E-state index contributed by atoms with van der Waals surface area (Å²) in [5.74, 6) is 0.838. The molecule has 0 spiro atoms. The van der Waals surface area contributed by atoms with Crippen molar-refractivity contribution >= 4 is 17.7 Å². The summed E-state index contributed by atoms with van der Waals surface area (Å²) in [4.78, 5) is 10.2. The van der Waals surface area contributed by atoms with Gasteiger partial charge >= 0.3 is 0 Å². The van der Waals surface area contributed by atoms with Crippen LogP contribution in [0.2, 0.25) is 0 Å². The molecule has 0 heterocycles. The maximum Gasteiger partial charge on any atom is 0.227 e. The van der Waals surface area contributed by atoms with Crippen molar-refractivity contribution in [2.45, 2.75) is 19.4 Å². The molecular weight excluding hydrogens is 148 g/mol. The van der Waals surface area contributed by atoms with Crippen LogP contribution in [0.4, 0.5) is 0 Å². The quantitative estimate of drug-likeness (QED) is 0.608. The van der Waals surface area contributed by atoms with E-state index in [4.69, 9.17) is 11.5 Å². The van der Waals surface area contributed by atoms with Gasteiger partial charge < -0.3 is 11.5 Å². The lowest BCUT2D eigenvalue weighted by Gasteiger charge is -2.16. The molecule has 1 amide bonds. The number of primary amides is 1. The number of hydrogen-bond donors (Lipinski definition) is 2. The van der Waals surface area contributed by atoms with Gasteiger partial charge in [0.15, 0.2) is 0 Å². The van der Waals surface area contributed by atoms with Crippen molar-refractivity contribution in [3.63, 3.8) is 0 Å². The van der Waals surface area contributed by atoms with E-state index in [2.05, 4.69) is 0 Å². The van der Waals surface area contributed by atoms with Gasteiger partial charge in [-0.15, -0.1) is 0 Å². The summed E-state index contributed by atoms with van der Waals surface area (Å²) < 4.78 is 0. The van der Waals surface area contributed by atoms with E-state index in [9.17, 15) is 4.79 Å². The van der Waals surface area contributed by atoms with Crippen LogP contribution < -0.4 is 11.5 Å². The molecule has 3 nitrogen and oxygen atoms in total. The number of rotatable bonds is 4. The lowest BCUT2D eigenvalue weighted by Crippen LogP contribution is -2.35. The Morgan fingerprint density at radius 3 is 2.40 bits per heavy atom. The Kier molecular flexibility index (Phi) is 3.75. The van der Waals surface area contributed by atoms with Gasteiger partial charge in [-0.1, -0.05) is 0 Å². The first-order valence-electron chi connectivity index (χ1n) is 3.07. The smallest absolute Gasteiger partial charge is 0.227 e. The summed E-state index contributed by atoms with van der Waals surface area (Å²) in [6.45, 7) is 3.84. The molecule has 0 saturated carbocycles. The van der Waals surface area contributed by atoms with Crippen molar-refractivity contribution in [1.29, 1.82) is 0 Å². The van der Waals surface area contributed by atoms with Crippen molar-refractivity contribution in [2.24, 2.45) is 11.5 Å². The number of amides is 1. The Hall–Kier alpha value is -0.220. The van der Waals surface area contributed by atoms with Crippen LogP contribution in [0.5, 0.6) is 0 Å². The highest BCUT2D eigenvalue weighted by molar-refractivity contribution is 8.00. The molecule has 0 saturated heterocycles. The van der Waals surface area contributed by atoms with Crippen LogP contribution in [0.3, 0.4) is 0 Å². The molecule has 0 bridgehead atoms. The zero-order valence-corrected chi connectivity index (χ0v) is 7.20. The number of hydrogen-bond acceptors (Lipinski definition) is 3. The van der Waals surface area contributed by atoms with Gasteiger partial charge in [0.1, 0.15) is 0 Å². The molecule has 0 fully saturated rings. The van der Waals surface area contributed by atoms with Crippen molar-refractivity contribution in [1.82, 2.24) is 0 Å². The van der Waals surface area contributed by atoms with E-state index in [0.717, 1.165) is 5.75 Å². The molecule has 0 rings (SSSR count). The van der Waals surface area contributed by atoms with Crippen LogP contribution in [0.25, 0.3) is 0 Å². The molecule has 0 radical (unpaired) electrons. The fourth-order valence-corrected chi connectivity index (χ4v) is 1.24. The second kappa shape index (κ2) is 3.83. The van der Waals surface area contributed by atoms with Crippen LogP contribution in [0.1, 0.15) is 13.8 Å². The Bertz CT molecular complexity index is 119. The average Bonchev–Trinajstić information content (AvgIpc) is 1.59. The van der Waals surface area contributed by atoms with Gasteiger partial charge in [0, 0.05) is 11.3 Å². The molecule has 4 N–H and O–H groups in total. The first-order chi connectivity index (χ1) is 4.42. The predicted molar refractivity (Wildman–Crippen MR) is 44.8 cm³/mol. The molecule has 0 aromatic heterocycles. The normalized spacial score (nSPS) is 11.5. The Balaban J connectivity index is 3.29. The topological polar surface area (TPSA) is 69.1 Å². The van der Waals surface area contributed by atoms with Gasteiger partial charge in [0.25, 0.3) is 0 Å². The van der Waals surface area contributed by atoms with Crippen molar-refractivity contribution in [3.05, 3.63) is 0 Å². The lowest BCUT2D eigenvalue weighted by molar-refractivity contribution is -0.115. The average molecular weight is 162 g/mol. The van der Waals surface area contributed by atoms with Gasteiger partial charge in [0.2, 0.25) is 5.91 Å². The van der Waals surface area contributed by atoms with Gasteiger partial charge in [0.05, 0.1) is 5.75 Å². The summed E-state index contributed by atoms with van der Waals surface area (Å²) in [6, 6.07) is 0. The highest BCUT2D eigenvalue weighted by Gasteiger charge is 2.10. The van der Waals surface area contributed by atoms with Crippen LogP contribution >= 0.6 is 11.8 Å². The van der Waals surface area contributed by atoms with Crippen LogP contribution in [0, 0.1) is 0 Å². The Labute approximate surface area is 65.5 Å². The molecule has 60 valence electrons. The number of thioether (sulfide) groups is 1. The molecule has 0 aliphatic carbocycles. The largest absolute Gasteiger partial charge is 0.369 e. The maximum absolute atomic E-state index is 10.2. The minimum absolute atomic E-state index is 0.208. The molecule has 10 heavy (non-hydrogen) atoms. The number of carbonyl (C=O) groups is 1. The predicted octanol–water partition coefficient (Wildman–Crippen LogP) is -0.0578. The molecule has 4 heteroatoms. The third-order valence-corrected chi connectivity index (χ3v) is 2.16.